The van der Waals surface area contributed by atoms with Crippen molar-refractivity contribution in [2.75, 3.05) is 0 Å². The molecule has 1 N–H and O–H groups in total. The summed E-state index contributed by atoms with van der Waals surface area (Å²) in [6, 6.07) is 19.1. The Bertz CT molecular complexity index is 2120. The molecule has 1 aliphatic carbocycles. The number of carbonyl (C=O) groups is 3. The van der Waals surface area contributed by atoms with Crippen molar-refractivity contribution in [3.05, 3.63) is 116 Å². The molecule has 0 amide bonds. The van der Waals surface area contributed by atoms with Crippen molar-refractivity contribution < 1.29 is 29.2 Å². The van der Waals surface area contributed by atoms with E-state index in [1.807, 2.05) is 41.5 Å². The summed E-state index contributed by atoms with van der Waals surface area (Å²) in [6.07, 6.45) is 0. The molecule has 1 aromatic heterocycles. The van der Waals surface area contributed by atoms with Crippen molar-refractivity contribution in [2.45, 2.75) is 58.3 Å². The summed E-state index contributed by atoms with van der Waals surface area (Å²) in [7, 11) is 0. The highest BCUT2D eigenvalue weighted by Crippen LogP contribution is 2.41. The van der Waals surface area contributed by atoms with E-state index >= 15 is 0 Å². The number of benzene rings is 4. The summed E-state index contributed by atoms with van der Waals surface area (Å²) in [5.41, 5.74) is 1.18. The van der Waals surface area contributed by atoms with Gasteiger partial charge in [0.2, 0.25) is 0 Å². The molecule has 0 spiro atoms. The number of para-hydroxylation sites is 1. The van der Waals surface area contributed by atoms with Gasteiger partial charge >= 0.3 is 5.97 Å². The lowest BCUT2D eigenvalue weighted by Crippen LogP contribution is -2.20. The number of hydrogen-bond acceptors (Lipinski definition) is 8. The van der Waals surface area contributed by atoms with Gasteiger partial charge in [0, 0.05) is 33.7 Å². The molecule has 0 saturated heterocycles. The molecule has 9 heteroatoms. The Balaban J connectivity index is 1.40. The maximum Gasteiger partial charge on any atom is 0.343 e. The first kappa shape index (κ1) is 30.6. The van der Waals surface area contributed by atoms with Crippen LogP contribution in [-0.4, -0.2) is 32.5 Å². The molecular formula is C37H32N2O7. The number of hydrogen-bond donors (Lipinski definition) is 1. The second-order valence-corrected chi connectivity index (χ2v) is 13.7. The molecule has 232 valence electrons. The minimum Gasteiger partial charge on any atom is -0.507 e. The van der Waals surface area contributed by atoms with Crippen LogP contribution >= 0.6 is 0 Å². The average Bonchev–Trinajstić information content (AvgIpc) is 3.22. The first-order valence-corrected chi connectivity index (χ1v) is 14.9. The molecule has 5 aromatic rings. The average molecular weight is 617 g/mol. The molecule has 46 heavy (non-hydrogen) atoms. The SMILES string of the molecule is CC(C)(C)c1cc(C(=O)Oc2cccc3ccc(C4C(=O)c5cc6cccc([N+](=O)[O-])c6cc5C4=O)nc23)cc(C(C)(C)C)c1O. The van der Waals surface area contributed by atoms with Gasteiger partial charge in [-0.05, 0) is 52.6 Å². The van der Waals surface area contributed by atoms with Gasteiger partial charge in [0.05, 0.1) is 21.6 Å². The number of ether oxygens (including phenoxy) is 1. The Morgan fingerprint density at radius 1 is 0.826 bits per heavy atom. The zero-order valence-corrected chi connectivity index (χ0v) is 26.3. The molecular weight excluding hydrogens is 584 g/mol. The molecule has 4 aromatic carbocycles. The smallest absolute Gasteiger partial charge is 0.343 e. The van der Waals surface area contributed by atoms with E-state index in [2.05, 4.69) is 4.98 Å². The van der Waals surface area contributed by atoms with Crippen molar-refractivity contribution in [1.82, 2.24) is 4.98 Å². The fourth-order valence-corrected chi connectivity index (χ4v) is 6.01. The number of nitrogens with zero attached hydrogens (tertiary/aromatic N) is 2. The highest BCUT2D eigenvalue weighted by molar-refractivity contribution is 6.31. The van der Waals surface area contributed by atoms with Crippen molar-refractivity contribution in [3.63, 3.8) is 0 Å². The molecule has 0 fully saturated rings. The van der Waals surface area contributed by atoms with Crippen molar-refractivity contribution >= 4 is 44.9 Å². The van der Waals surface area contributed by atoms with Crippen molar-refractivity contribution in [3.8, 4) is 11.5 Å². The van der Waals surface area contributed by atoms with Gasteiger partial charge in [-0.1, -0.05) is 71.9 Å². The molecule has 0 aliphatic heterocycles. The number of aromatic hydroxyl groups is 1. The van der Waals surface area contributed by atoms with Crippen LogP contribution in [0.5, 0.6) is 11.5 Å². The minimum absolute atomic E-state index is 0.107. The van der Waals surface area contributed by atoms with E-state index in [1.54, 1.807) is 48.5 Å². The maximum absolute atomic E-state index is 13.6. The van der Waals surface area contributed by atoms with Gasteiger partial charge in [-0.25, -0.2) is 9.78 Å². The number of nitro groups is 1. The van der Waals surface area contributed by atoms with Gasteiger partial charge in [-0.2, -0.15) is 0 Å². The maximum atomic E-state index is 13.6. The van der Waals surface area contributed by atoms with Gasteiger partial charge in [0.1, 0.15) is 17.2 Å². The monoisotopic (exact) mass is 616 g/mol. The lowest BCUT2D eigenvalue weighted by Gasteiger charge is -2.28. The quantitative estimate of drug-likeness (QED) is 0.0705. The number of phenols is 1. The number of esters is 1. The molecule has 6 rings (SSSR count). The Morgan fingerprint density at radius 2 is 1.41 bits per heavy atom. The Kier molecular flexibility index (Phi) is 7.03. The molecule has 0 bridgehead atoms. The van der Waals surface area contributed by atoms with E-state index in [-0.39, 0.29) is 50.5 Å². The van der Waals surface area contributed by atoms with E-state index in [0.717, 1.165) is 0 Å². The van der Waals surface area contributed by atoms with Crippen molar-refractivity contribution in [1.29, 1.82) is 0 Å². The highest BCUT2D eigenvalue weighted by Gasteiger charge is 2.41. The summed E-state index contributed by atoms with van der Waals surface area (Å²) in [6.45, 7) is 11.7. The number of pyridine rings is 1. The van der Waals surface area contributed by atoms with Crippen LogP contribution in [0.25, 0.3) is 21.7 Å². The third kappa shape index (κ3) is 5.07. The fraction of sp³-hybridized carbons (Fsp3) is 0.243. The third-order valence-electron chi connectivity index (χ3n) is 8.41. The Hall–Kier alpha value is -5.44. The third-order valence-corrected chi connectivity index (χ3v) is 8.41. The van der Waals surface area contributed by atoms with Gasteiger partial charge in [-0.3, -0.25) is 19.7 Å². The molecule has 1 heterocycles. The van der Waals surface area contributed by atoms with Crippen LogP contribution in [0, 0.1) is 10.1 Å². The van der Waals surface area contributed by atoms with Gasteiger partial charge in [0.15, 0.2) is 17.3 Å². The summed E-state index contributed by atoms with van der Waals surface area (Å²) < 4.78 is 5.89. The molecule has 1 unspecified atom stereocenters. The highest BCUT2D eigenvalue weighted by atomic mass is 16.6. The van der Waals surface area contributed by atoms with Crippen molar-refractivity contribution in [2.24, 2.45) is 0 Å². The molecule has 1 atom stereocenters. The van der Waals surface area contributed by atoms with E-state index in [4.69, 9.17) is 4.74 Å². The number of nitro benzene ring substituents is 1. The van der Waals surface area contributed by atoms with Crippen LogP contribution in [0.4, 0.5) is 5.69 Å². The van der Waals surface area contributed by atoms with Gasteiger partial charge in [0.25, 0.3) is 5.69 Å². The summed E-state index contributed by atoms with van der Waals surface area (Å²) in [5, 5.41) is 24.1. The van der Waals surface area contributed by atoms with Gasteiger partial charge in [-0.15, -0.1) is 0 Å². The number of phenolic OH excluding ortho intramolecular Hbond substituents is 1. The van der Waals surface area contributed by atoms with Crippen LogP contribution in [0.2, 0.25) is 0 Å². The largest absolute Gasteiger partial charge is 0.507 e. The topological polar surface area (TPSA) is 137 Å². The first-order valence-electron chi connectivity index (χ1n) is 14.9. The minimum atomic E-state index is -1.25. The number of fused-ring (bicyclic) bond motifs is 3. The number of carbonyl (C=O) groups excluding carboxylic acids is 3. The Labute approximate surface area is 265 Å². The second-order valence-electron chi connectivity index (χ2n) is 13.7. The molecule has 0 radical (unpaired) electrons. The van der Waals surface area contributed by atoms with E-state index in [9.17, 15) is 29.6 Å². The lowest BCUT2D eigenvalue weighted by molar-refractivity contribution is -0.383. The second kappa shape index (κ2) is 10.6. The number of Topliss-reactive ketones (excluding diaryl/α,β-unsaturated/α-hetero) is 2. The zero-order valence-electron chi connectivity index (χ0n) is 26.3. The zero-order chi connectivity index (χ0) is 33.3. The van der Waals surface area contributed by atoms with E-state index < -0.39 is 39.2 Å². The predicted molar refractivity (Wildman–Crippen MR) is 174 cm³/mol. The summed E-state index contributed by atoms with van der Waals surface area (Å²) in [4.78, 5) is 56.6. The molecule has 9 nitrogen and oxygen atoms in total. The first-order chi connectivity index (χ1) is 21.6. The van der Waals surface area contributed by atoms with Crippen LogP contribution in [0.1, 0.15) is 95.4 Å². The van der Waals surface area contributed by atoms with Crippen LogP contribution < -0.4 is 4.74 Å². The van der Waals surface area contributed by atoms with Crippen LogP contribution in [0.15, 0.2) is 72.8 Å². The number of aromatic nitrogens is 1. The van der Waals surface area contributed by atoms with E-state index in [0.29, 0.717) is 21.9 Å². The lowest BCUT2D eigenvalue weighted by atomic mass is 9.78. The number of non-ortho nitro benzene ring substituents is 1. The molecule has 0 saturated carbocycles. The predicted octanol–water partition coefficient (Wildman–Crippen LogP) is 7.98. The van der Waals surface area contributed by atoms with Gasteiger partial charge < -0.3 is 9.84 Å². The van der Waals surface area contributed by atoms with E-state index in [1.165, 1.54) is 24.3 Å². The number of ketones is 2. The normalized spacial score (nSPS) is 15.0. The fourth-order valence-electron chi connectivity index (χ4n) is 6.01. The molecule has 1 aliphatic rings. The summed E-state index contributed by atoms with van der Waals surface area (Å²) in [5.74, 6) is -2.58. The van der Waals surface area contributed by atoms with Crippen LogP contribution in [0.3, 0.4) is 0 Å². The Morgan fingerprint density at radius 3 is 2.02 bits per heavy atom. The standard InChI is InChI=1S/C37H32N2O7/c1-36(2,3)25-16-21(17-26(34(25)42)37(4,5)6)35(43)46-29-12-8-9-19-13-14-27(38-31(19)29)30-32(40)23-15-20-10-7-11-28(39(44)45)22(20)18-24(23)33(30)41/h7-18,30,42H,1-6H3. The van der Waals surface area contributed by atoms with Crippen LogP contribution in [-0.2, 0) is 10.8 Å². The summed E-state index contributed by atoms with van der Waals surface area (Å²) >= 11 is 0. The number of rotatable bonds is 4.